The Morgan fingerprint density at radius 1 is 1.03 bits per heavy atom. The van der Waals surface area contributed by atoms with Gasteiger partial charge in [-0.15, -0.1) is 0 Å². The monoisotopic (exact) mass is 416 g/mol. The normalized spacial score (nSPS) is 50.3. The van der Waals surface area contributed by atoms with Crippen molar-refractivity contribution in [3.8, 4) is 0 Å². The molecule has 4 saturated carbocycles. The number of aldehydes is 1. The summed E-state index contributed by atoms with van der Waals surface area (Å²) in [5, 5.41) is 33.8. The van der Waals surface area contributed by atoms with Gasteiger partial charge in [-0.1, -0.05) is 6.92 Å². The van der Waals surface area contributed by atoms with Gasteiger partial charge in [0.25, 0.3) is 0 Å². The zero-order valence-corrected chi connectivity index (χ0v) is 17.5. The van der Waals surface area contributed by atoms with Crippen molar-refractivity contribution in [2.24, 2.45) is 22.7 Å². The van der Waals surface area contributed by atoms with Crippen LogP contribution in [0.3, 0.4) is 0 Å². The minimum atomic E-state index is -1.18. The van der Waals surface area contributed by atoms with Crippen molar-refractivity contribution < 1.29 is 24.5 Å². The van der Waals surface area contributed by atoms with Gasteiger partial charge in [0.15, 0.2) is 0 Å². The van der Waals surface area contributed by atoms with Crippen LogP contribution >= 0.6 is 0 Å². The molecule has 5 rings (SSSR count). The molecule has 164 valence electrons. The van der Waals surface area contributed by atoms with Crippen LogP contribution in [0.2, 0.25) is 0 Å². The van der Waals surface area contributed by atoms with Gasteiger partial charge in [-0.25, -0.2) is 4.79 Å². The molecule has 0 saturated heterocycles. The highest BCUT2D eigenvalue weighted by molar-refractivity contribution is 5.64. The summed E-state index contributed by atoms with van der Waals surface area (Å²) >= 11 is 0. The van der Waals surface area contributed by atoms with Gasteiger partial charge in [0.05, 0.1) is 29.0 Å². The predicted molar refractivity (Wildman–Crippen MR) is 109 cm³/mol. The Kier molecular flexibility index (Phi) is 4.42. The lowest BCUT2D eigenvalue weighted by atomic mass is 9.41. The first-order valence-electron chi connectivity index (χ1n) is 11.4. The zero-order valence-electron chi connectivity index (χ0n) is 17.5. The molecule has 0 radical (unpaired) electrons. The highest BCUT2D eigenvalue weighted by atomic mass is 16.4. The molecular formula is C24H32O6. The first-order valence-corrected chi connectivity index (χ1v) is 11.4. The van der Waals surface area contributed by atoms with Gasteiger partial charge >= 0.3 is 5.63 Å². The molecular weight excluding hydrogens is 384 g/mol. The molecule has 4 aliphatic rings. The van der Waals surface area contributed by atoms with Crippen molar-refractivity contribution in [3.05, 3.63) is 34.4 Å². The largest absolute Gasteiger partial charge is 0.431 e. The number of hydrogen-bond acceptors (Lipinski definition) is 6. The third-order valence-electron chi connectivity index (χ3n) is 9.84. The summed E-state index contributed by atoms with van der Waals surface area (Å²) < 4.78 is 5.12. The topological polar surface area (TPSA) is 108 Å². The Labute approximate surface area is 176 Å². The molecule has 4 fully saturated rings. The van der Waals surface area contributed by atoms with Crippen LogP contribution in [0.15, 0.2) is 27.6 Å². The molecule has 3 N–H and O–H groups in total. The first-order chi connectivity index (χ1) is 14.2. The van der Waals surface area contributed by atoms with Crippen LogP contribution in [0.1, 0.15) is 76.2 Å². The van der Waals surface area contributed by atoms with E-state index in [-0.39, 0.29) is 35.2 Å². The summed E-state index contributed by atoms with van der Waals surface area (Å²) in [6.45, 7) is 2.14. The average molecular weight is 417 g/mol. The Morgan fingerprint density at radius 2 is 1.80 bits per heavy atom. The maximum Gasteiger partial charge on any atom is 0.335 e. The van der Waals surface area contributed by atoms with E-state index in [0.29, 0.717) is 32.1 Å². The molecule has 1 aromatic heterocycles. The predicted octanol–water partition coefficient (Wildman–Crippen LogP) is 2.54. The Morgan fingerprint density at radius 3 is 2.50 bits per heavy atom. The van der Waals surface area contributed by atoms with Crippen molar-refractivity contribution in [1.29, 1.82) is 0 Å². The number of aliphatic hydroxyl groups is 3. The molecule has 0 amide bonds. The number of aliphatic hydroxyl groups excluding tert-OH is 1. The zero-order chi connectivity index (χ0) is 21.4. The van der Waals surface area contributed by atoms with E-state index in [9.17, 15) is 24.9 Å². The van der Waals surface area contributed by atoms with E-state index >= 15 is 0 Å². The first kappa shape index (κ1) is 20.4. The molecule has 0 aromatic carbocycles. The minimum absolute atomic E-state index is 0.0577. The van der Waals surface area contributed by atoms with E-state index in [2.05, 4.69) is 6.92 Å². The van der Waals surface area contributed by atoms with Gasteiger partial charge in [-0.05, 0) is 80.8 Å². The number of hydrogen-bond donors (Lipinski definition) is 3. The van der Waals surface area contributed by atoms with E-state index in [1.807, 2.05) is 6.07 Å². The van der Waals surface area contributed by atoms with Crippen LogP contribution in [0.5, 0.6) is 0 Å². The van der Waals surface area contributed by atoms with Gasteiger partial charge in [0.2, 0.25) is 0 Å². The van der Waals surface area contributed by atoms with Crippen molar-refractivity contribution in [1.82, 2.24) is 0 Å². The molecule has 6 heteroatoms. The minimum Gasteiger partial charge on any atom is -0.431 e. The molecule has 6 nitrogen and oxygen atoms in total. The van der Waals surface area contributed by atoms with Crippen LogP contribution in [0, 0.1) is 22.7 Å². The summed E-state index contributed by atoms with van der Waals surface area (Å²) in [6, 6.07) is 3.26. The summed E-state index contributed by atoms with van der Waals surface area (Å²) in [5.74, 6) is -0.0431. The number of fused-ring (bicyclic) bond motifs is 5. The van der Waals surface area contributed by atoms with E-state index in [1.54, 1.807) is 0 Å². The highest BCUT2D eigenvalue weighted by Crippen LogP contribution is 2.70. The second-order valence-electron chi connectivity index (χ2n) is 10.7. The van der Waals surface area contributed by atoms with Crippen LogP contribution < -0.4 is 5.63 Å². The molecule has 1 aromatic rings. The Hall–Kier alpha value is -1.50. The second-order valence-corrected chi connectivity index (χ2v) is 10.7. The summed E-state index contributed by atoms with van der Waals surface area (Å²) in [6.07, 6.45) is 7.24. The van der Waals surface area contributed by atoms with Gasteiger partial charge in [0.1, 0.15) is 6.29 Å². The van der Waals surface area contributed by atoms with Crippen molar-refractivity contribution in [2.45, 2.75) is 87.9 Å². The van der Waals surface area contributed by atoms with Crippen LogP contribution in [0.25, 0.3) is 0 Å². The van der Waals surface area contributed by atoms with Crippen LogP contribution in [0.4, 0.5) is 0 Å². The fourth-order valence-electron chi connectivity index (χ4n) is 8.25. The summed E-state index contributed by atoms with van der Waals surface area (Å²) in [7, 11) is 0. The van der Waals surface area contributed by atoms with Gasteiger partial charge < -0.3 is 24.5 Å². The van der Waals surface area contributed by atoms with Crippen molar-refractivity contribution in [3.63, 3.8) is 0 Å². The molecule has 0 bridgehead atoms. The molecule has 0 unspecified atom stereocenters. The Bertz CT molecular complexity index is 891. The smallest absolute Gasteiger partial charge is 0.335 e. The molecule has 0 aliphatic heterocycles. The lowest BCUT2D eigenvalue weighted by Gasteiger charge is -2.65. The van der Waals surface area contributed by atoms with Crippen molar-refractivity contribution in [2.75, 3.05) is 0 Å². The maximum absolute atomic E-state index is 12.5. The number of carbonyl (C=O) groups excluding carboxylic acids is 1. The molecule has 4 aliphatic carbocycles. The average Bonchev–Trinajstić information content (AvgIpc) is 2.99. The van der Waals surface area contributed by atoms with E-state index < -0.39 is 22.7 Å². The van der Waals surface area contributed by atoms with Crippen LogP contribution in [-0.2, 0) is 4.79 Å². The number of carbonyl (C=O) groups is 1. The molecule has 0 spiro atoms. The standard InChI is InChI=1S/C24H32O6/c1-21-8-5-18-19(6-10-23(28)12-16(26)4-9-22(18,23)14-25)24(21,29)11-7-17(21)15-2-3-20(27)30-13-15/h2-3,13-14,16-19,26,28-29H,4-12H2,1H3/t16-,17+,18-,19-,21+,22-,23-,24-/m0/s1. The maximum atomic E-state index is 12.5. The van der Waals surface area contributed by atoms with E-state index in [1.165, 1.54) is 12.3 Å². The third-order valence-corrected chi connectivity index (χ3v) is 9.84. The lowest BCUT2D eigenvalue weighted by molar-refractivity contribution is -0.247. The van der Waals surface area contributed by atoms with E-state index in [0.717, 1.165) is 31.1 Å². The SMILES string of the molecule is C[C@]12CC[C@H]3[C@H](CC[C@]4(O)C[C@@H](O)CC[C@]34C=O)[C@@]1(O)CC[C@@H]2c1ccc(=O)oc1. The molecule has 1 heterocycles. The quantitative estimate of drug-likeness (QED) is 0.640. The number of rotatable bonds is 2. The highest BCUT2D eigenvalue weighted by Gasteiger charge is 2.71. The third kappa shape index (κ3) is 2.41. The summed E-state index contributed by atoms with van der Waals surface area (Å²) in [4.78, 5) is 23.9. The molecule has 8 atom stereocenters. The fourth-order valence-corrected chi connectivity index (χ4v) is 8.25. The fraction of sp³-hybridized carbons (Fsp3) is 0.750. The molecule has 30 heavy (non-hydrogen) atoms. The second kappa shape index (κ2) is 6.50. The summed E-state index contributed by atoms with van der Waals surface area (Å²) in [5.41, 5.74) is -2.79. The van der Waals surface area contributed by atoms with E-state index in [4.69, 9.17) is 4.42 Å². The van der Waals surface area contributed by atoms with Gasteiger partial charge in [-0.3, -0.25) is 0 Å². The van der Waals surface area contributed by atoms with Gasteiger partial charge in [0, 0.05) is 17.9 Å². The van der Waals surface area contributed by atoms with Crippen LogP contribution in [-0.4, -0.2) is 38.9 Å². The van der Waals surface area contributed by atoms with Gasteiger partial charge in [-0.2, -0.15) is 0 Å². The Balaban J connectivity index is 1.53. The van der Waals surface area contributed by atoms with Crippen molar-refractivity contribution >= 4 is 6.29 Å². The lowest BCUT2D eigenvalue weighted by Crippen LogP contribution is -2.68.